The molecule has 2 atom stereocenters. The average Bonchev–Trinajstić information content (AvgIpc) is 2.70. The minimum absolute atomic E-state index is 0. The van der Waals surface area contributed by atoms with Crippen LogP contribution in [0.3, 0.4) is 0 Å². The van der Waals surface area contributed by atoms with Crippen LogP contribution >= 0.6 is 24.8 Å². The van der Waals surface area contributed by atoms with Crippen LogP contribution in [0.1, 0.15) is 31.7 Å². The van der Waals surface area contributed by atoms with Crippen LogP contribution in [-0.2, 0) is 16.0 Å². The molecule has 0 aromatic heterocycles. The second kappa shape index (κ2) is 13.2. The Morgan fingerprint density at radius 2 is 1.80 bits per heavy atom. The fourth-order valence-electron chi connectivity index (χ4n) is 4.08. The van der Waals surface area contributed by atoms with Crippen LogP contribution in [0.4, 0.5) is 5.69 Å². The van der Waals surface area contributed by atoms with Crippen molar-refractivity contribution in [1.82, 2.24) is 15.1 Å². The highest BCUT2D eigenvalue weighted by Crippen LogP contribution is 2.23. The Bertz CT molecular complexity index is 658. The molecular formula is C22H36Cl2N4O2. The van der Waals surface area contributed by atoms with Gasteiger partial charge in [0.2, 0.25) is 11.8 Å². The molecule has 6 nitrogen and oxygen atoms in total. The maximum atomic E-state index is 12.4. The number of nitrogens with one attached hydrogen (secondary N) is 2. The van der Waals surface area contributed by atoms with Gasteiger partial charge in [-0.15, -0.1) is 24.8 Å². The molecule has 170 valence electrons. The highest BCUT2D eigenvalue weighted by Gasteiger charge is 2.22. The van der Waals surface area contributed by atoms with Crippen molar-refractivity contribution in [1.29, 1.82) is 0 Å². The van der Waals surface area contributed by atoms with Crippen molar-refractivity contribution in [3.05, 3.63) is 29.8 Å². The first kappa shape index (κ1) is 26.7. The van der Waals surface area contributed by atoms with Crippen molar-refractivity contribution >= 4 is 42.3 Å². The molecule has 2 amide bonds. The molecule has 30 heavy (non-hydrogen) atoms. The van der Waals surface area contributed by atoms with Gasteiger partial charge in [-0.25, -0.2) is 0 Å². The van der Waals surface area contributed by atoms with E-state index in [1.54, 1.807) is 0 Å². The minimum Gasteiger partial charge on any atom is -0.340 e. The lowest BCUT2D eigenvalue weighted by molar-refractivity contribution is -0.132. The third kappa shape index (κ3) is 8.06. The third-order valence-corrected chi connectivity index (χ3v) is 6.10. The molecule has 8 heteroatoms. The molecule has 2 unspecified atom stereocenters. The van der Waals surface area contributed by atoms with E-state index in [9.17, 15) is 9.59 Å². The van der Waals surface area contributed by atoms with Gasteiger partial charge in [0.25, 0.3) is 0 Å². The van der Waals surface area contributed by atoms with Gasteiger partial charge in [0.1, 0.15) is 0 Å². The first-order valence-corrected chi connectivity index (χ1v) is 10.6. The number of hydrogen-bond acceptors (Lipinski definition) is 4. The zero-order valence-electron chi connectivity index (χ0n) is 18.1. The van der Waals surface area contributed by atoms with E-state index in [2.05, 4.69) is 29.5 Å². The number of hydrogen-bond donors (Lipinski definition) is 2. The predicted octanol–water partition coefficient (Wildman–Crippen LogP) is 2.81. The largest absolute Gasteiger partial charge is 0.340 e. The van der Waals surface area contributed by atoms with Crippen LogP contribution in [0.5, 0.6) is 0 Å². The summed E-state index contributed by atoms with van der Waals surface area (Å²) in [4.78, 5) is 29.0. The van der Waals surface area contributed by atoms with Crippen molar-refractivity contribution in [2.45, 2.75) is 32.6 Å². The normalized spacial score (nSPS) is 20.5. The SMILES string of the molecule is CC(CC(=O)Nc1ccc(CC(=O)N2CCN(C)CC2)cc1)C1CCCNC1.Cl.Cl. The quantitative estimate of drug-likeness (QED) is 0.687. The van der Waals surface area contributed by atoms with Crippen LogP contribution < -0.4 is 10.6 Å². The Kier molecular flexibility index (Phi) is 11.7. The Balaban J connectivity index is 0.00000225. The first-order valence-electron chi connectivity index (χ1n) is 10.6. The van der Waals surface area contributed by atoms with Crippen LogP contribution in [0.2, 0.25) is 0 Å². The number of nitrogens with zero attached hydrogens (tertiary/aromatic N) is 2. The van der Waals surface area contributed by atoms with Crippen molar-refractivity contribution in [3.63, 3.8) is 0 Å². The van der Waals surface area contributed by atoms with E-state index < -0.39 is 0 Å². The van der Waals surface area contributed by atoms with E-state index in [1.807, 2.05) is 29.2 Å². The lowest BCUT2D eigenvalue weighted by Crippen LogP contribution is -2.47. The molecule has 2 N–H and O–H groups in total. The van der Waals surface area contributed by atoms with E-state index in [1.165, 1.54) is 12.8 Å². The number of likely N-dealkylation sites (N-methyl/N-ethyl adjacent to an activating group) is 1. The molecule has 0 radical (unpaired) electrons. The molecule has 2 aliphatic rings. The van der Waals surface area contributed by atoms with Crippen LogP contribution in [0.25, 0.3) is 0 Å². The summed E-state index contributed by atoms with van der Waals surface area (Å²) < 4.78 is 0. The minimum atomic E-state index is 0. The number of anilines is 1. The molecule has 0 bridgehead atoms. The molecule has 0 saturated carbocycles. The zero-order chi connectivity index (χ0) is 19.9. The van der Waals surface area contributed by atoms with Gasteiger partial charge >= 0.3 is 0 Å². The Hall–Kier alpha value is -1.34. The fraction of sp³-hybridized carbons (Fsp3) is 0.636. The number of carbonyl (C=O) groups is 2. The predicted molar refractivity (Wildman–Crippen MR) is 127 cm³/mol. The maximum Gasteiger partial charge on any atom is 0.227 e. The second-order valence-electron chi connectivity index (χ2n) is 8.39. The summed E-state index contributed by atoms with van der Waals surface area (Å²) in [6.45, 7) is 7.77. The van der Waals surface area contributed by atoms with Crippen molar-refractivity contribution in [2.24, 2.45) is 11.8 Å². The summed E-state index contributed by atoms with van der Waals surface area (Å²) >= 11 is 0. The molecule has 2 fully saturated rings. The fourth-order valence-corrected chi connectivity index (χ4v) is 4.08. The number of halogens is 2. The van der Waals surface area contributed by atoms with E-state index in [4.69, 9.17) is 0 Å². The molecule has 2 heterocycles. The maximum absolute atomic E-state index is 12.4. The molecule has 2 saturated heterocycles. The summed E-state index contributed by atoms with van der Waals surface area (Å²) in [5.41, 5.74) is 1.79. The van der Waals surface area contributed by atoms with Crippen molar-refractivity contribution in [2.75, 3.05) is 51.6 Å². The van der Waals surface area contributed by atoms with E-state index >= 15 is 0 Å². The molecular weight excluding hydrogens is 423 g/mol. The van der Waals surface area contributed by atoms with E-state index in [0.717, 1.165) is 50.5 Å². The number of piperidine rings is 1. The molecule has 3 rings (SSSR count). The van der Waals surface area contributed by atoms with Crippen LogP contribution in [-0.4, -0.2) is 67.9 Å². The number of piperazine rings is 1. The lowest BCUT2D eigenvalue weighted by Gasteiger charge is -2.32. The Morgan fingerprint density at radius 3 is 2.40 bits per heavy atom. The van der Waals surface area contributed by atoms with Gasteiger partial charge in [0.05, 0.1) is 6.42 Å². The summed E-state index contributed by atoms with van der Waals surface area (Å²) in [6, 6.07) is 7.69. The van der Waals surface area contributed by atoms with Crippen LogP contribution in [0.15, 0.2) is 24.3 Å². The van der Waals surface area contributed by atoms with Crippen molar-refractivity contribution in [3.8, 4) is 0 Å². The molecule has 1 aromatic rings. The third-order valence-electron chi connectivity index (χ3n) is 6.10. The topological polar surface area (TPSA) is 64.7 Å². The summed E-state index contributed by atoms with van der Waals surface area (Å²) in [6.07, 6.45) is 3.38. The Labute approximate surface area is 193 Å². The van der Waals surface area contributed by atoms with Gasteiger partial charge in [-0.1, -0.05) is 19.1 Å². The smallest absolute Gasteiger partial charge is 0.227 e. The van der Waals surface area contributed by atoms with Gasteiger partial charge in [0, 0.05) is 38.3 Å². The van der Waals surface area contributed by atoms with Gasteiger partial charge in [-0.3, -0.25) is 9.59 Å². The number of carbonyl (C=O) groups excluding carboxylic acids is 2. The van der Waals surface area contributed by atoms with Gasteiger partial charge in [0.15, 0.2) is 0 Å². The summed E-state index contributed by atoms with van der Waals surface area (Å²) in [7, 11) is 2.08. The van der Waals surface area contributed by atoms with Gasteiger partial charge < -0.3 is 20.4 Å². The second-order valence-corrected chi connectivity index (χ2v) is 8.39. The standard InChI is InChI=1S/C22H34N4O2.2ClH/c1-17(19-4-3-9-23-16-19)14-21(27)24-20-7-5-18(6-8-20)15-22(28)26-12-10-25(2)11-13-26;;/h5-8,17,19,23H,3-4,9-16H2,1-2H3,(H,24,27);2*1H. The van der Waals surface area contributed by atoms with E-state index in [0.29, 0.717) is 24.7 Å². The highest BCUT2D eigenvalue weighted by molar-refractivity contribution is 5.91. The zero-order valence-corrected chi connectivity index (χ0v) is 19.7. The monoisotopic (exact) mass is 458 g/mol. The number of rotatable bonds is 6. The molecule has 1 aromatic carbocycles. The number of amides is 2. The molecule has 2 aliphatic heterocycles. The summed E-state index contributed by atoms with van der Waals surface area (Å²) in [5, 5.41) is 6.42. The van der Waals surface area contributed by atoms with Crippen molar-refractivity contribution < 1.29 is 9.59 Å². The summed E-state index contributed by atoms with van der Waals surface area (Å²) in [5.74, 6) is 1.22. The van der Waals surface area contributed by atoms with Crippen LogP contribution in [0, 0.1) is 11.8 Å². The molecule has 0 spiro atoms. The highest BCUT2D eigenvalue weighted by atomic mass is 35.5. The molecule has 0 aliphatic carbocycles. The van der Waals surface area contributed by atoms with Gasteiger partial charge in [-0.2, -0.15) is 0 Å². The van der Waals surface area contributed by atoms with Gasteiger partial charge in [-0.05, 0) is 62.5 Å². The number of benzene rings is 1. The average molecular weight is 459 g/mol. The Morgan fingerprint density at radius 1 is 1.13 bits per heavy atom. The van der Waals surface area contributed by atoms with E-state index in [-0.39, 0.29) is 36.6 Å². The first-order chi connectivity index (χ1) is 13.5. The lowest BCUT2D eigenvalue weighted by atomic mass is 9.85.